The van der Waals surface area contributed by atoms with Crippen molar-refractivity contribution in [1.82, 2.24) is 14.5 Å². The maximum absolute atomic E-state index is 13.9. The number of aliphatic hydroxyl groups is 10. The minimum Gasteiger partial charge on any atom is -0.394 e. The second kappa shape index (κ2) is 15.1. The van der Waals surface area contributed by atoms with E-state index in [2.05, 4.69) is 4.98 Å². The van der Waals surface area contributed by atoms with Gasteiger partial charge in [-0.2, -0.15) is 0 Å². The molecule has 0 aliphatic carbocycles. The van der Waals surface area contributed by atoms with Gasteiger partial charge in [0.1, 0.15) is 73.2 Å². The average molecular weight is 826 g/mol. The van der Waals surface area contributed by atoms with Gasteiger partial charge in [-0.25, -0.2) is 0 Å². The molecule has 9 rings (SSSR count). The summed E-state index contributed by atoms with van der Waals surface area (Å²) in [6.07, 6.45) is -25.8. The van der Waals surface area contributed by atoms with Gasteiger partial charge >= 0.3 is 0 Å². The molecule has 20 heteroatoms. The number of para-hydroxylation sites is 2. The van der Waals surface area contributed by atoms with E-state index in [9.17, 15) is 60.7 Å². The Morgan fingerprint density at radius 1 is 0.610 bits per heavy atom. The topological polar surface area (TPSA) is 307 Å². The Balaban J connectivity index is 1.06. The molecular formula is C39H43N3O17. The van der Waals surface area contributed by atoms with Gasteiger partial charge in [0, 0.05) is 34.1 Å². The lowest BCUT2D eigenvalue weighted by Gasteiger charge is -2.48. The van der Waals surface area contributed by atoms with Crippen molar-refractivity contribution >= 4 is 55.4 Å². The summed E-state index contributed by atoms with van der Waals surface area (Å²) in [6.45, 7) is -2.45. The van der Waals surface area contributed by atoms with Crippen molar-refractivity contribution in [3.05, 3.63) is 59.7 Å². The monoisotopic (exact) mass is 825 g/mol. The van der Waals surface area contributed by atoms with Gasteiger partial charge in [-0.15, -0.1) is 0 Å². The van der Waals surface area contributed by atoms with Crippen LogP contribution in [0.3, 0.4) is 0 Å². The number of aromatic amines is 1. The van der Waals surface area contributed by atoms with Gasteiger partial charge in [-0.1, -0.05) is 36.4 Å². The normalized spacial score (nSPS) is 36.7. The van der Waals surface area contributed by atoms with Gasteiger partial charge in [-0.05, 0) is 12.1 Å². The van der Waals surface area contributed by atoms with Crippen LogP contribution in [-0.4, -0.2) is 190 Å². The molecule has 0 bridgehead atoms. The van der Waals surface area contributed by atoms with E-state index in [1.165, 1.54) is 7.05 Å². The standard InChI is InChI=1S/C39H43N3O17/c1-41-35(53)22-20-13-6-2-4-8-15(13)40-24(20)25-21(23(22)36(41)54)14-7-3-5-9-16(14)42(25)37-30(50)28(48)33(18(11-44)55-37)58-39-32(52)29(49)34(19(12-45)57-39)59-38-31(51)27(47)26(46)17(10-43)56-38/h2-9,17-19,26-34,37-40,43-52H,10-12H2,1H3/t17-,18-,19-,26-,27+,28-,29-,30-,31-,32-,33-,34-,37-,38+,39+/m1/s1. The van der Waals surface area contributed by atoms with E-state index in [1.807, 2.05) is 18.2 Å². The van der Waals surface area contributed by atoms with E-state index >= 15 is 0 Å². The van der Waals surface area contributed by atoms with Crippen LogP contribution in [0.1, 0.15) is 26.9 Å². The van der Waals surface area contributed by atoms with Crippen molar-refractivity contribution in [3.8, 4) is 0 Å². The summed E-state index contributed by atoms with van der Waals surface area (Å²) in [5.74, 6) is -1.03. The fourth-order valence-electron chi connectivity index (χ4n) is 8.98. The number of hydrogen-bond acceptors (Lipinski definition) is 17. The fraction of sp³-hybridized carbons (Fsp3) is 0.487. The van der Waals surface area contributed by atoms with Crippen molar-refractivity contribution in [1.29, 1.82) is 0 Å². The first-order valence-corrected chi connectivity index (χ1v) is 19.0. The predicted octanol–water partition coefficient (Wildman–Crippen LogP) is -2.72. The van der Waals surface area contributed by atoms with Crippen molar-refractivity contribution in [2.24, 2.45) is 0 Å². The molecule has 2 amide bonds. The van der Waals surface area contributed by atoms with Crippen LogP contribution in [0.25, 0.3) is 43.6 Å². The minimum atomic E-state index is -2.00. The summed E-state index contributed by atoms with van der Waals surface area (Å²) in [5, 5.41) is 109. The molecule has 0 saturated carbocycles. The van der Waals surface area contributed by atoms with Gasteiger partial charge < -0.3 is 84.3 Å². The molecular weight excluding hydrogens is 782 g/mol. The third-order valence-corrected chi connectivity index (χ3v) is 12.0. The van der Waals surface area contributed by atoms with Crippen LogP contribution in [0, 0.1) is 0 Å². The molecule has 0 spiro atoms. The first-order chi connectivity index (χ1) is 28.3. The van der Waals surface area contributed by atoms with Crippen LogP contribution < -0.4 is 0 Å². The number of rotatable bonds is 8. The summed E-state index contributed by atoms with van der Waals surface area (Å²) in [4.78, 5) is 32.0. The molecule has 2 aromatic heterocycles. The van der Waals surface area contributed by atoms with Crippen LogP contribution >= 0.6 is 0 Å². The molecule has 15 atom stereocenters. The van der Waals surface area contributed by atoms with E-state index in [1.54, 1.807) is 34.9 Å². The van der Waals surface area contributed by atoms with E-state index in [0.717, 1.165) is 4.90 Å². The fourth-order valence-corrected chi connectivity index (χ4v) is 8.98. The first-order valence-electron chi connectivity index (χ1n) is 19.0. The molecule has 59 heavy (non-hydrogen) atoms. The number of benzene rings is 3. The molecule has 0 unspecified atom stereocenters. The number of ether oxygens (including phenoxy) is 5. The van der Waals surface area contributed by atoms with Gasteiger partial charge in [0.15, 0.2) is 18.8 Å². The Hall–Kier alpha value is -4.20. The lowest BCUT2D eigenvalue weighted by molar-refractivity contribution is -0.374. The number of H-pyrrole nitrogens is 1. The van der Waals surface area contributed by atoms with Crippen molar-refractivity contribution in [2.45, 2.75) is 92.1 Å². The van der Waals surface area contributed by atoms with Crippen molar-refractivity contribution in [3.63, 3.8) is 0 Å². The van der Waals surface area contributed by atoms with Crippen LogP contribution in [0.15, 0.2) is 48.5 Å². The number of aromatic nitrogens is 2. The van der Waals surface area contributed by atoms with E-state index in [0.29, 0.717) is 43.6 Å². The summed E-state index contributed by atoms with van der Waals surface area (Å²) in [6, 6.07) is 14.2. The third kappa shape index (κ3) is 5.95. The van der Waals surface area contributed by atoms with Gasteiger partial charge in [-0.3, -0.25) is 14.5 Å². The number of carbonyl (C=O) groups excluding carboxylic acids is 2. The summed E-state index contributed by atoms with van der Waals surface area (Å²) < 4.78 is 30.6. The molecule has 11 N–H and O–H groups in total. The van der Waals surface area contributed by atoms with E-state index in [4.69, 9.17) is 23.7 Å². The molecule has 0 radical (unpaired) electrons. The number of carbonyl (C=O) groups is 2. The molecule has 4 aliphatic heterocycles. The zero-order valence-corrected chi connectivity index (χ0v) is 31.1. The molecule has 6 heterocycles. The minimum absolute atomic E-state index is 0.153. The predicted molar refractivity (Wildman–Crippen MR) is 200 cm³/mol. The van der Waals surface area contributed by atoms with Gasteiger partial charge in [0.25, 0.3) is 11.8 Å². The summed E-state index contributed by atoms with van der Waals surface area (Å²) in [7, 11) is 1.40. The van der Waals surface area contributed by atoms with Crippen LogP contribution in [0.2, 0.25) is 0 Å². The number of nitrogens with zero attached hydrogens (tertiary/aromatic N) is 2. The highest BCUT2D eigenvalue weighted by molar-refractivity contribution is 6.39. The Bertz CT molecular complexity index is 2430. The zero-order chi connectivity index (χ0) is 41.8. The van der Waals surface area contributed by atoms with Gasteiger partial charge in [0.2, 0.25) is 0 Å². The van der Waals surface area contributed by atoms with E-state index in [-0.39, 0.29) is 11.1 Å². The molecule has 4 aliphatic rings. The zero-order valence-electron chi connectivity index (χ0n) is 31.1. The highest BCUT2D eigenvalue weighted by atomic mass is 16.7. The quantitative estimate of drug-likeness (QED) is 0.0708. The number of imide groups is 1. The number of amides is 2. The maximum atomic E-state index is 13.9. The highest BCUT2D eigenvalue weighted by Gasteiger charge is 2.54. The van der Waals surface area contributed by atoms with Gasteiger partial charge in [0.05, 0.1) is 47.5 Å². The SMILES string of the molecule is CN1C(=O)c2c(c3c4ccccc4n([C@@H]4O[C@H](CO)[C@@H](O[C@@H]5O[C@H](CO)[C@@H](O[C@@H]6O[C@H](CO)[C@@H](O)[C@H](O)[C@H]6O)[C@H](O)[C@H]5O)[C@H](O)[C@H]4O)c3c3[nH]c4ccccc4c23)C1=O. The number of fused-ring (bicyclic) bond motifs is 10. The van der Waals surface area contributed by atoms with Crippen LogP contribution in [-0.2, 0) is 23.7 Å². The van der Waals surface area contributed by atoms with Crippen LogP contribution in [0.5, 0.6) is 0 Å². The smallest absolute Gasteiger partial charge is 0.262 e. The molecule has 3 fully saturated rings. The third-order valence-electron chi connectivity index (χ3n) is 12.0. The molecule has 20 nitrogen and oxygen atoms in total. The lowest BCUT2D eigenvalue weighted by atomic mass is 9.95. The van der Waals surface area contributed by atoms with Crippen LogP contribution in [0.4, 0.5) is 0 Å². The number of aliphatic hydroxyl groups excluding tert-OH is 10. The average Bonchev–Trinajstić information content (AvgIpc) is 3.86. The van der Waals surface area contributed by atoms with Crippen molar-refractivity contribution < 1.29 is 84.3 Å². The summed E-state index contributed by atoms with van der Waals surface area (Å²) in [5.41, 5.74) is 2.28. The molecule has 3 aromatic carbocycles. The maximum Gasteiger partial charge on any atom is 0.262 e. The van der Waals surface area contributed by atoms with Crippen molar-refractivity contribution in [2.75, 3.05) is 26.9 Å². The summed E-state index contributed by atoms with van der Waals surface area (Å²) >= 11 is 0. The Kier molecular flexibility index (Phi) is 10.3. The molecule has 316 valence electrons. The lowest BCUT2D eigenvalue weighted by Crippen LogP contribution is -2.66. The Labute approximate surface area is 332 Å². The second-order valence-electron chi connectivity index (χ2n) is 15.3. The highest BCUT2D eigenvalue weighted by Crippen LogP contribution is 2.47. The van der Waals surface area contributed by atoms with E-state index < -0.39 is 124 Å². The molecule has 5 aromatic rings. The number of hydrogen-bond donors (Lipinski definition) is 11. The largest absolute Gasteiger partial charge is 0.394 e. The first kappa shape index (κ1) is 40.2. The Morgan fingerprint density at radius 2 is 1.14 bits per heavy atom. The Morgan fingerprint density at radius 3 is 1.78 bits per heavy atom. The number of nitrogens with one attached hydrogen (secondary N) is 1. The second-order valence-corrected chi connectivity index (χ2v) is 15.3. The molecule has 3 saturated heterocycles.